The zero-order valence-electron chi connectivity index (χ0n) is 17.5. The Labute approximate surface area is 169 Å². The lowest BCUT2D eigenvalue weighted by Crippen LogP contribution is -2.42. The molecule has 0 radical (unpaired) electrons. The summed E-state index contributed by atoms with van der Waals surface area (Å²) < 4.78 is 11.4. The van der Waals surface area contributed by atoms with Gasteiger partial charge in [0.05, 0.1) is 20.3 Å². The molecule has 3 aliphatic rings. The van der Waals surface area contributed by atoms with E-state index >= 15 is 0 Å². The molecule has 0 bridgehead atoms. The van der Waals surface area contributed by atoms with Crippen LogP contribution in [-0.2, 0) is 10.2 Å². The maximum Gasteiger partial charge on any atom is 0.193 e. The number of hydrogen-bond donors (Lipinski definition) is 1. The van der Waals surface area contributed by atoms with Crippen LogP contribution in [0.4, 0.5) is 0 Å². The fraction of sp³-hybridized carbons (Fsp3) is 0.696. The number of aliphatic imine (C=N–C) groups is 1. The summed E-state index contributed by atoms with van der Waals surface area (Å²) in [6.45, 7) is 7.87. The summed E-state index contributed by atoms with van der Waals surface area (Å²) in [4.78, 5) is 7.65. The number of guanidine groups is 1. The highest BCUT2D eigenvalue weighted by molar-refractivity contribution is 5.80. The second-order valence-corrected chi connectivity index (χ2v) is 8.83. The summed E-state index contributed by atoms with van der Waals surface area (Å²) in [5.41, 5.74) is 1.78. The van der Waals surface area contributed by atoms with Crippen molar-refractivity contribution in [3.05, 3.63) is 29.8 Å². The number of ether oxygens (including phenoxy) is 2. The van der Waals surface area contributed by atoms with Gasteiger partial charge >= 0.3 is 0 Å². The first kappa shape index (κ1) is 19.6. The van der Waals surface area contributed by atoms with Gasteiger partial charge in [-0.05, 0) is 38.7 Å². The van der Waals surface area contributed by atoms with Gasteiger partial charge in [0.2, 0.25) is 0 Å². The lowest BCUT2D eigenvalue weighted by Gasteiger charge is -2.31. The van der Waals surface area contributed by atoms with Crippen molar-refractivity contribution in [2.24, 2.45) is 10.4 Å². The van der Waals surface area contributed by atoms with Crippen LogP contribution in [-0.4, -0.2) is 57.4 Å². The van der Waals surface area contributed by atoms with E-state index in [0.29, 0.717) is 5.41 Å². The summed E-state index contributed by atoms with van der Waals surface area (Å²) >= 11 is 0. The van der Waals surface area contributed by atoms with Gasteiger partial charge in [-0.15, -0.1) is 0 Å². The molecule has 1 atom stereocenters. The zero-order chi connectivity index (χ0) is 19.5. The molecule has 5 nitrogen and oxygen atoms in total. The fourth-order valence-corrected chi connectivity index (χ4v) is 5.39. The average Bonchev–Trinajstić information content (AvgIpc) is 3.48. The largest absolute Gasteiger partial charge is 0.496 e. The second kappa shape index (κ2) is 8.32. The quantitative estimate of drug-likeness (QED) is 0.622. The number of nitrogens with one attached hydrogen (secondary N) is 1. The first-order valence-electron chi connectivity index (χ1n) is 10.9. The summed E-state index contributed by atoms with van der Waals surface area (Å²) in [7, 11) is 1.78. The van der Waals surface area contributed by atoms with Gasteiger partial charge < -0.3 is 19.7 Å². The summed E-state index contributed by atoms with van der Waals surface area (Å²) in [6, 6.07) is 8.53. The van der Waals surface area contributed by atoms with Crippen molar-refractivity contribution in [3.63, 3.8) is 0 Å². The molecule has 2 heterocycles. The van der Waals surface area contributed by atoms with Crippen molar-refractivity contribution >= 4 is 5.96 Å². The van der Waals surface area contributed by atoms with Crippen LogP contribution in [0, 0.1) is 5.41 Å². The highest BCUT2D eigenvalue weighted by Crippen LogP contribution is 2.45. The summed E-state index contributed by atoms with van der Waals surface area (Å²) in [5, 5.41) is 3.56. The van der Waals surface area contributed by atoms with E-state index < -0.39 is 0 Å². The molecule has 1 spiro atoms. The molecule has 1 saturated carbocycles. The zero-order valence-corrected chi connectivity index (χ0v) is 17.5. The van der Waals surface area contributed by atoms with Crippen LogP contribution in [0.3, 0.4) is 0 Å². The normalized spacial score (nSPS) is 26.9. The Morgan fingerprint density at radius 2 is 2.04 bits per heavy atom. The van der Waals surface area contributed by atoms with Gasteiger partial charge in [0, 0.05) is 42.6 Å². The number of nitrogens with zero attached hydrogens (tertiary/aromatic N) is 2. The Morgan fingerprint density at radius 1 is 1.21 bits per heavy atom. The molecular formula is C23H35N3O2. The molecular weight excluding hydrogens is 350 g/mol. The smallest absolute Gasteiger partial charge is 0.193 e. The van der Waals surface area contributed by atoms with Gasteiger partial charge in [-0.2, -0.15) is 0 Å². The van der Waals surface area contributed by atoms with Crippen LogP contribution in [0.2, 0.25) is 0 Å². The Kier molecular flexibility index (Phi) is 5.81. The van der Waals surface area contributed by atoms with E-state index in [1.165, 1.54) is 44.1 Å². The van der Waals surface area contributed by atoms with Crippen molar-refractivity contribution in [3.8, 4) is 5.75 Å². The van der Waals surface area contributed by atoms with Crippen LogP contribution in [0.25, 0.3) is 0 Å². The van der Waals surface area contributed by atoms with Crippen molar-refractivity contribution in [1.29, 1.82) is 0 Å². The van der Waals surface area contributed by atoms with Crippen molar-refractivity contribution < 1.29 is 9.47 Å². The van der Waals surface area contributed by atoms with Crippen LogP contribution < -0.4 is 10.1 Å². The average molecular weight is 386 g/mol. The molecule has 0 amide bonds. The molecule has 154 valence electrons. The van der Waals surface area contributed by atoms with E-state index in [0.717, 1.165) is 51.1 Å². The molecule has 28 heavy (non-hydrogen) atoms. The number of hydrogen-bond acceptors (Lipinski definition) is 3. The van der Waals surface area contributed by atoms with Crippen molar-refractivity contribution in [1.82, 2.24) is 10.2 Å². The third-order valence-electron chi connectivity index (χ3n) is 7.03. The Hall–Kier alpha value is -1.75. The summed E-state index contributed by atoms with van der Waals surface area (Å²) in [6.07, 6.45) is 7.33. The molecule has 1 N–H and O–H groups in total. The Morgan fingerprint density at radius 3 is 2.75 bits per heavy atom. The number of rotatable bonds is 5. The van der Waals surface area contributed by atoms with Gasteiger partial charge in [-0.3, -0.25) is 4.99 Å². The predicted octanol–water partition coefficient (Wildman–Crippen LogP) is 3.58. The molecule has 3 fully saturated rings. The van der Waals surface area contributed by atoms with Crippen LogP contribution in [0.5, 0.6) is 5.75 Å². The number of likely N-dealkylation sites (tertiary alicyclic amines) is 1. The highest BCUT2D eigenvalue weighted by Gasteiger charge is 2.43. The maximum absolute atomic E-state index is 5.71. The minimum absolute atomic E-state index is 0.0984. The molecule has 0 aromatic heterocycles. The lowest BCUT2D eigenvalue weighted by molar-refractivity contribution is 0.156. The lowest BCUT2D eigenvalue weighted by atomic mass is 9.78. The third-order valence-corrected chi connectivity index (χ3v) is 7.03. The van der Waals surface area contributed by atoms with Gasteiger partial charge in [0.15, 0.2) is 5.96 Å². The van der Waals surface area contributed by atoms with E-state index in [1.54, 1.807) is 7.11 Å². The number of benzene rings is 1. The molecule has 4 rings (SSSR count). The minimum atomic E-state index is 0.0984. The van der Waals surface area contributed by atoms with Gasteiger partial charge in [0.25, 0.3) is 0 Å². The van der Waals surface area contributed by atoms with Crippen LogP contribution in [0.1, 0.15) is 51.0 Å². The maximum atomic E-state index is 5.71. The van der Waals surface area contributed by atoms with Gasteiger partial charge in [-0.25, -0.2) is 0 Å². The van der Waals surface area contributed by atoms with Crippen molar-refractivity contribution in [2.45, 2.75) is 50.9 Å². The van der Waals surface area contributed by atoms with E-state index in [9.17, 15) is 0 Å². The SMILES string of the molecule is CCNC(=NCC1(c2ccccc2OC)CCCC1)N1CCC2(CCOC2)C1. The standard InChI is InChI=1S/C23H35N3O2/c1-3-24-21(26-14-12-22(17-26)13-15-28-18-22)25-16-23(10-6-7-11-23)19-8-4-5-9-20(19)27-2/h4-5,8-9H,3,6-7,10-18H2,1-2H3,(H,24,25). The minimum Gasteiger partial charge on any atom is -0.496 e. The number of para-hydroxylation sites is 1. The van der Waals surface area contributed by atoms with E-state index in [2.05, 4.69) is 41.4 Å². The van der Waals surface area contributed by atoms with Crippen LogP contribution in [0.15, 0.2) is 29.3 Å². The number of methoxy groups -OCH3 is 1. The topological polar surface area (TPSA) is 46.1 Å². The summed E-state index contributed by atoms with van der Waals surface area (Å²) in [5.74, 6) is 2.08. The van der Waals surface area contributed by atoms with E-state index in [-0.39, 0.29) is 5.41 Å². The highest BCUT2D eigenvalue weighted by atomic mass is 16.5. The second-order valence-electron chi connectivity index (χ2n) is 8.83. The van der Waals surface area contributed by atoms with Gasteiger partial charge in [-0.1, -0.05) is 31.0 Å². The monoisotopic (exact) mass is 385 g/mol. The first-order valence-corrected chi connectivity index (χ1v) is 10.9. The molecule has 1 aliphatic carbocycles. The molecule has 2 aliphatic heterocycles. The Balaban J connectivity index is 1.56. The van der Waals surface area contributed by atoms with Crippen molar-refractivity contribution in [2.75, 3.05) is 46.5 Å². The third kappa shape index (κ3) is 3.73. The molecule has 1 unspecified atom stereocenters. The first-order chi connectivity index (χ1) is 13.7. The predicted molar refractivity (Wildman–Crippen MR) is 113 cm³/mol. The van der Waals surface area contributed by atoms with Crippen LogP contribution >= 0.6 is 0 Å². The molecule has 5 heteroatoms. The van der Waals surface area contributed by atoms with Gasteiger partial charge in [0.1, 0.15) is 5.75 Å². The van der Waals surface area contributed by atoms with E-state index in [1.807, 2.05) is 0 Å². The van der Waals surface area contributed by atoms with E-state index in [4.69, 9.17) is 14.5 Å². The molecule has 1 aromatic rings. The molecule has 1 aromatic carbocycles. The fourth-order valence-electron chi connectivity index (χ4n) is 5.39. The Bertz CT molecular complexity index is 691. The molecule has 2 saturated heterocycles.